The van der Waals surface area contributed by atoms with E-state index in [0.29, 0.717) is 0 Å². The Morgan fingerprint density at radius 1 is 1.29 bits per heavy atom. The van der Waals surface area contributed by atoms with Gasteiger partial charge in [0.15, 0.2) is 0 Å². The van der Waals surface area contributed by atoms with Crippen LogP contribution in [0.4, 0.5) is 5.82 Å². The lowest BCUT2D eigenvalue weighted by Crippen LogP contribution is -2.23. The van der Waals surface area contributed by atoms with Gasteiger partial charge in [0.1, 0.15) is 5.82 Å². The van der Waals surface area contributed by atoms with E-state index in [1.165, 1.54) is 0 Å². The maximum absolute atomic E-state index is 5.31. The van der Waals surface area contributed by atoms with Gasteiger partial charge in [-0.25, -0.2) is 4.98 Å². The number of hydrogen-bond acceptors (Lipinski definition) is 5. The first-order valence-electron chi connectivity index (χ1n) is 6.07. The van der Waals surface area contributed by atoms with Gasteiger partial charge in [-0.15, -0.1) is 0 Å². The fourth-order valence-corrected chi connectivity index (χ4v) is 1.43. The second-order valence-electron chi connectivity index (χ2n) is 3.86. The molecule has 0 saturated carbocycles. The normalized spacial score (nSPS) is 10.8. The van der Waals surface area contributed by atoms with Crippen LogP contribution in [0.25, 0.3) is 0 Å². The molecule has 0 atom stereocenters. The van der Waals surface area contributed by atoms with Crippen molar-refractivity contribution in [3.05, 3.63) is 18.1 Å². The van der Waals surface area contributed by atoms with Gasteiger partial charge in [-0.05, 0) is 20.9 Å². The molecule has 0 aliphatic rings. The van der Waals surface area contributed by atoms with Crippen LogP contribution in [-0.4, -0.2) is 48.2 Å². The Morgan fingerprint density at radius 3 is 2.71 bits per heavy atom. The van der Waals surface area contributed by atoms with Crippen molar-refractivity contribution in [2.45, 2.75) is 20.4 Å². The smallest absolute Gasteiger partial charge is 0.144 e. The SMILES string of the molecule is CCNc1cnc(CN(C)CCOCC)cn1. The summed E-state index contributed by atoms with van der Waals surface area (Å²) in [4.78, 5) is 10.8. The van der Waals surface area contributed by atoms with Gasteiger partial charge < -0.3 is 10.1 Å². The van der Waals surface area contributed by atoms with E-state index in [-0.39, 0.29) is 0 Å². The predicted octanol–water partition coefficient (Wildman–Crippen LogP) is 1.38. The topological polar surface area (TPSA) is 50.3 Å². The summed E-state index contributed by atoms with van der Waals surface area (Å²) in [7, 11) is 2.05. The number of nitrogens with zero attached hydrogens (tertiary/aromatic N) is 3. The largest absolute Gasteiger partial charge is 0.380 e. The molecule has 0 aliphatic heterocycles. The summed E-state index contributed by atoms with van der Waals surface area (Å²) in [5, 5.41) is 3.12. The molecule has 0 spiro atoms. The van der Waals surface area contributed by atoms with Crippen molar-refractivity contribution < 1.29 is 4.74 Å². The van der Waals surface area contributed by atoms with Crippen molar-refractivity contribution in [1.29, 1.82) is 0 Å². The molecule has 17 heavy (non-hydrogen) atoms. The number of hydrogen-bond donors (Lipinski definition) is 1. The molecule has 0 saturated heterocycles. The second kappa shape index (κ2) is 7.97. The van der Waals surface area contributed by atoms with Gasteiger partial charge >= 0.3 is 0 Å². The molecule has 0 aliphatic carbocycles. The molecule has 0 radical (unpaired) electrons. The molecule has 5 heteroatoms. The highest BCUT2D eigenvalue weighted by atomic mass is 16.5. The van der Waals surface area contributed by atoms with E-state index in [9.17, 15) is 0 Å². The van der Waals surface area contributed by atoms with E-state index < -0.39 is 0 Å². The van der Waals surface area contributed by atoms with Crippen LogP contribution >= 0.6 is 0 Å². The van der Waals surface area contributed by atoms with Crippen molar-refractivity contribution in [1.82, 2.24) is 14.9 Å². The summed E-state index contributed by atoms with van der Waals surface area (Å²) in [6, 6.07) is 0. The first kappa shape index (κ1) is 13.9. The average Bonchev–Trinajstić information content (AvgIpc) is 2.32. The number of rotatable bonds is 8. The lowest BCUT2D eigenvalue weighted by atomic mass is 10.4. The summed E-state index contributed by atoms with van der Waals surface area (Å²) in [6.45, 7) is 8.14. The minimum atomic E-state index is 0.760. The van der Waals surface area contributed by atoms with Gasteiger partial charge in [0.2, 0.25) is 0 Å². The van der Waals surface area contributed by atoms with E-state index >= 15 is 0 Å². The fraction of sp³-hybridized carbons (Fsp3) is 0.667. The van der Waals surface area contributed by atoms with Gasteiger partial charge in [-0.2, -0.15) is 0 Å². The summed E-state index contributed by atoms with van der Waals surface area (Å²) in [5.74, 6) is 0.827. The first-order chi connectivity index (χ1) is 8.26. The molecule has 1 N–H and O–H groups in total. The van der Waals surface area contributed by atoms with Crippen LogP contribution in [0, 0.1) is 0 Å². The van der Waals surface area contributed by atoms with Crippen molar-refractivity contribution >= 4 is 5.82 Å². The monoisotopic (exact) mass is 238 g/mol. The van der Waals surface area contributed by atoms with Gasteiger partial charge in [-0.3, -0.25) is 9.88 Å². The molecule has 0 amide bonds. The fourth-order valence-electron chi connectivity index (χ4n) is 1.43. The van der Waals surface area contributed by atoms with E-state index in [0.717, 1.165) is 44.4 Å². The third-order valence-corrected chi connectivity index (χ3v) is 2.32. The highest BCUT2D eigenvalue weighted by molar-refractivity contribution is 5.30. The molecule has 1 heterocycles. The van der Waals surface area contributed by atoms with E-state index in [4.69, 9.17) is 4.74 Å². The molecule has 0 bridgehead atoms. The van der Waals surface area contributed by atoms with Crippen LogP contribution in [0.15, 0.2) is 12.4 Å². The zero-order valence-electron chi connectivity index (χ0n) is 10.9. The molecule has 1 aromatic rings. The quantitative estimate of drug-likeness (QED) is 0.693. The number of ether oxygens (including phenoxy) is 1. The lowest BCUT2D eigenvalue weighted by molar-refractivity contribution is 0.120. The summed E-state index contributed by atoms with van der Waals surface area (Å²) in [5.41, 5.74) is 0.977. The Bertz CT molecular complexity index is 302. The zero-order valence-corrected chi connectivity index (χ0v) is 10.9. The maximum atomic E-state index is 5.31. The molecule has 0 fully saturated rings. The highest BCUT2D eigenvalue weighted by Gasteiger charge is 2.02. The Labute approximate surface area is 103 Å². The van der Waals surface area contributed by atoms with Gasteiger partial charge in [0.05, 0.1) is 24.7 Å². The van der Waals surface area contributed by atoms with Crippen LogP contribution in [0.3, 0.4) is 0 Å². The highest BCUT2D eigenvalue weighted by Crippen LogP contribution is 2.02. The molecular formula is C12H22N4O. The van der Waals surface area contributed by atoms with Crippen LogP contribution in [0.2, 0.25) is 0 Å². The van der Waals surface area contributed by atoms with Gasteiger partial charge in [-0.1, -0.05) is 0 Å². The third kappa shape index (κ3) is 5.60. The molecule has 1 rings (SSSR count). The van der Waals surface area contributed by atoms with Crippen LogP contribution in [0.1, 0.15) is 19.5 Å². The van der Waals surface area contributed by atoms with E-state index in [2.05, 4.69) is 27.2 Å². The minimum absolute atomic E-state index is 0.760. The van der Waals surface area contributed by atoms with Crippen molar-refractivity contribution in [3.63, 3.8) is 0 Å². The molecule has 5 nitrogen and oxygen atoms in total. The minimum Gasteiger partial charge on any atom is -0.380 e. The lowest BCUT2D eigenvalue weighted by Gasteiger charge is -2.15. The first-order valence-corrected chi connectivity index (χ1v) is 6.07. The number of likely N-dealkylation sites (N-methyl/N-ethyl adjacent to an activating group) is 1. The number of nitrogens with one attached hydrogen (secondary N) is 1. The van der Waals surface area contributed by atoms with Crippen LogP contribution in [0.5, 0.6) is 0 Å². The Kier molecular flexibility index (Phi) is 6.50. The standard InChI is InChI=1S/C12H22N4O/c1-4-13-12-9-14-11(8-15-12)10-16(3)6-7-17-5-2/h8-9H,4-7,10H2,1-3H3,(H,13,15). The average molecular weight is 238 g/mol. The van der Waals surface area contributed by atoms with E-state index in [1.807, 2.05) is 20.0 Å². The Balaban J connectivity index is 2.34. The maximum Gasteiger partial charge on any atom is 0.144 e. The molecule has 0 unspecified atom stereocenters. The predicted molar refractivity (Wildman–Crippen MR) is 69.0 cm³/mol. The molecular weight excluding hydrogens is 216 g/mol. The van der Waals surface area contributed by atoms with Crippen molar-refractivity contribution in [3.8, 4) is 0 Å². The molecule has 96 valence electrons. The van der Waals surface area contributed by atoms with Crippen LogP contribution < -0.4 is 5.32 Å². The third-order valence-electron chi connectivity index (χ3n) is 2.32. The van der Waals surface area contributed by atoms with Crippen molar-refractivity contribution in [2.24, 2.45) is 0 Å². The summed E-state index contributed by atoms with van der Waals surface area (Å²) < 4.78 is 5.31. The van der Waals surface area contributed by atoms with Gasteiger partial charge in [0.25, 0.3) is 0 Å². The zero-order chi connectivity index (χ0) is 12.5. The second-order valence-corrected chi connectivity index (χ2v) is 3.86. The summed E-state index contributed by atoms with van der Waals surface area (Å²) in [6.07, 6.45) is 3.59. The Morgan fingerprint density at radius 2 is 2.12 bits per heavy atom. The molecule has 1 aromatic heterocycles. The molecule has 0 aromatic carbocycles. The van der Waals surface area contributed by atoms with Crippen molar-refractivity contribution in [2.75, 3.05) is 38.7 Å². The Hall–Kier alpha value is -1.20. The van der Waals surface area contributed by atoms with Crippen LogP contribution in [-0.2, 0) is 11.3 Å². The van der Waals surface area contributed by atoms with E-state index in [1.54, 1.807) is 6.20 Å². The summed E-state index contributed by atoms with van der Waals surface area (Å²) >= 11 is 0. The number of aromatic nitrogens is 2. The number of anilines is 1. The van der Waals surface area contributed by atoms with Gasteiger partial charge in [0, 0.05) is 26.2 Å².